The second kappa shape index (κ2) is 12.2. The number of halogens is 1. The zero-order valence-corrected chi connectivity index (χ0v) is 19.5. The molecule has 5 nitrogen and oxygen atoms in total. The summed E-state index contributed by atoms with van der Waals surface area (Å²) in [7, 11) is 1.76. The van der Waals surface area contributed by atoms with Crippen molar-refractivity contribution >= 4 is 35.8 Å². The maximum Gasteiger partial charge on any atom is 0.224 e. The van der Waals surface area contributed by atoms with Crippen molar-refractivity contribution in [1.29, 1.82) is 0 Å². The largest absolute Gasteiger partial charge is 0.356 e. The lowest BCUT2D eigenvalue weighted by molar-refractivity contribution is -0.132. The van der Waals surface area contributed by atoms with E-state index < -0.39 is 0 Å². The zero-order valence-electron chi connectivity index (χ0n) is 17.1. The van der Waals surface area contributed by atoms with Crippen molar-refractivity contribution in [3.63, 3.8) is 0 Å². The van der Waals surface area contributed by atoms with Crippen molar-refractivity contribution in [2.45, 2.75) is 46.0 Å². The minimum absolute atomic E-state index is 0. The van der Waals surface area contributed by atoms with Crippen molar-refractivity contribution in [2.24, 2.45) is 10.9 Å². The summed E-state index contributed by atoms with van der Waals surface area (Å²) >= 11 is 0. The Hall–Kier alpha value is -1.31. The van der Waals surface area contributed by atoms with Crippen molar-refractivity contribution in [2.75, 3.05) is 33.2 Å². The molecule has 1 aliphatic rings. The van der Waals surface area contributed by atoms with Crippen LogP contribution in [0.3, 0.4) is 0 Å². The Balaban J connectivity index is 0.00000364. The number of hydrogen-bond acceptors (Lipinski definition) is 2. The quantitative estimate of drug-likeness (QED) is 0.368. The minimum Gasteiger partial charge on any atom is -0.356 e. The van der Waals surface area contributed by atoms with Crippen LogP contribution in [0.15, 0.2) is 29.3 Å². The van der Waals surface area contributed by atoms with Crippen LogP contribution in [-0.2, 0) is 4.79 Å². The number of piperidine rings is 1. The van der Waals surface area contributed by atoms with E-state index in [1.54, 1.807) is 7.05 Å². The summed E-state index contributed by atoms with van der Waals surface area (Å²) in [5.74, 6) is 2.01. The number of nitrogens with zero attached hydrogens (tertiary/aromatic N) is 2. The zero-order chi connectivity index (χ0) is 18.9. The number of nitrogens with one attached hydrogen (secondary N) is 2. The number of aryl methyl sites for hydroxylation is 1. The monoisotopic (exact) mass is 486 g/mol. The van der Waals surface area contributed by atoms with E-state index in [9.17, 15) is 4.79 Å². The van der Waals surface area contributed by atoms with Gasteiger partial charge in [0.05, 0.1) is 0 Å². The Labute approximate surface area is 181 Å². The van der Waals surface area contributed by atoms with E-state index in [4.69, 9.17) is 0 Å². The van der Waals surface area contributed by atoms with Gasteiger partial charge in [0.25, 0.3) is 0 Å². The maximum atomic E-state index is 12.3. The molecule has 152 valence electrons. The van der Waals surface area contributed by atoms with Gasteiger partial charge in [-0.2, -0.15) is 0 Å². The molecule has 0 saturated carbocycles. The Morgan fingerprint density at radius 1 is 1.37 bits per heavy atom. The van der Waals surface area contributed by atoms with E-state index in [2.05, 4.69) is 60.7 Å². The van der Waals surface area contributed by atoms with Crippen LogP contribution in [0.5, 0.6) is 0 Å². The average molecular weight is 486 g/mol. The van der Waals surface area contributed by atoms with Crippen molar-refractivity contribution in [3.05, 3.63) is 35.4 Å². The number of aliphatic imine (C=N–C) groups is 1. The van der Waals surface area contributed by atoms with Gasteiger partial charge in [0.2, 0.25) is 5.91 Å². The highest BCUT2D eigenvalue weighted by molar-refractivity contribution is 14.0. The summed E-state index contributed by atoms with van der Waals surface area (Å²) in [5.41, 5.74) is 2.60. The van der Waals surface area contributed by atoms with Crippen molar-refractivity contribution < 1.29 is 4.79 Å². The van der Waals surface area contributed by atoms with Gasteiger partial charge in [-0.05, 0) is 37.2 Å². The third kappa shape index (κ3) is 8.07. The number of benzene rings is 1. The molecule has 2 N–H and O–H groups in total. The fourth-order valence-corrected chi connectivity index (χ4v) is 3.43. The predicted molar refractivity (Wildman–Crippen MR) is 124 cm³/mol. The smallest absolute Gasteiger partial charge is 0.224 e. The number of likely N-dealkylation sites (tertiary alicyclic amines) is 1. The molecule has 0 aliphatic carbocycles. The first-order chi connectivity index (χ1) is 12.5. The lowest BCUT2D eigenvalue weighted by Gasteiger charge is -2.31. The molecule has 1 heterocycles. The van der Waals surface area contributed by atoms with Crippen LogP contribution in [0, 0.1) is 12.8 Å². The first kappa shape index (κ1) is 23.7. The molecule has 2 atom stereocenters. The van der Waals surface area contributed by atoms with E-state index in [0.29, 0.717) is 24.8 Å². The number of carbonyl (C=O) groups is 1. The van der Waals surface area contributed by atoms with Gasteiger partial charge in [0.1, 0.15) is 0 Å². The van der Waals surface area contributed by atoms with E-state index in [1.807, 2.05) is 4.90 Å². The highest BCUT2D eigenvalue weighted by atomic mass is 127. The van der Waals surface area contributed by atoms with Gasteiger partial charge in [0, 0.05) is 39.6 Å². The van der Waals surface area contributed by atoms with E-state index in [0.717, 1.165) is 32.0 Å². The molecule has 2 unspecified atom stereocenters. The van der Waals surface area contributed by atoms with Gasteiger partial charge < -0.3 is 15.5 Å². The molecule has 0 bridgehead atoms. The molecule has 27 heavy (non-hydrogen) atoms. The van der Waals surface area contributed by atoms with Crippen LogP contribution in [0.25, 0.3) is 0 Å². The standard InChI is InChI=1S/C21H34N4O.HI/c1-16-7-5-9-19(13-16)18(3)14-24-21(22-4)23-11-10-20(26)25-12-6-8-17(2)15-25;/h5,7,9,13,17-18H,6,8,10-12,14-15H2,1-4H3,(H2,22,23,24);1H. The molecule has 1 aliphatic heterocycles. The van der Waals surface area contributed by atoms with Crippen molar-refractivity contribution in [3.8, 4) is 0 Å². The fraction of sp³-hybridized carbons (Fsp3) is 0.619. The third-order valence-corrected chi connectivity index (χ3v) is 5.05. The molecule has 1 fully saturated rings. The van der Waals surface area contributed by atoms with Crippen LogP contribution in [0.2, 0.25) is 0 Å². The fourth-order valence-electron chi connectivity index (χ4n) is 3.43. The molecular weight excluding hydrogens is 451 g/mol. The average Bonchev–Trinajstić information content (AvgIpc) is 2.64. The van der Waals surface area contributed by atoms with Gasteiger partial charge in [-0.15, -0.1) is 24.0 Å². The van der Waals surface area contributed by atoms with Crippen molar-refractivity contribution in [1.82, 2.24) is 15.5 Å². The molecule has 1 aromatic rings. The van der Waals surface area contributed by atoms with Crippen LogP contribution in [-0.4, -0.2) is 50.0 Å². The van der Waals surface area contributed by atoms with E-state index in [-0.39, 0.29) is 29.9 Å². The number of guanidine groups is 1. The lowest BCUT2D eigenvalue weighted by Crippen LogP contribution is -2.43. The Kier molecular flexibility index (Phi) is 10.7. The van der Waals surface area contributed by atoms with Crippen LogP contribution in [0.1, 0.15) is 50.2 Å². The van der Waals surface area contributed by atoms with E-state index >= 15 is 0 Å². The van der Waals surface area contributed by atoms with Gasteiger partial charge in [-0.25, -0.2) is 0 Å². The first-order valence-corrected chi connectivity index (χ1v) is 9.78. The minimum atomic E-state index is 0. The maximum absolute atomic E-state index is 12.3. The number of hydrogen-bond donors (Lipinski definition) is 2. The molecule has 0 spiro atoms. The summed E-state index contributed by atoms with van der Waals surface area (Å²) < 4.78 is 0. The molecule has 2 rings (SSSR count). The first-order valence-electron chi connectivity index (χ1n) is 9.78. The molecule has 1 amide bonds. The summed E-state index contributed by atoms with van der Waals surface area (Å²) in [5, 5.41) is 6.62. The predicted octanol–water partition coefficient (Wildman–Crippen LogP) is 3.53. The van der Waals surface area contributed by atoms with E-state index in [1.165, 1.54) is 17.5 Å². The third-order valence-electron chi connectivity index (χ3n) is 5.05. The highest BCUT2D eigenvalue weighted by Crippen LogP contribution is 2.16. The SMILES string of the molecule is CN=C(NCCC(=O)N1CCCC(C)C1)NCC(C)c1cccc(C)c1.I. The topological polar surface area (TPSA) is 56.7 Å². The second-order valence-electron chi connectivity index (χ2n) is 7.53. The number of carbonyl (C=O) groups excluding carboxylic acids is 1. The van der Waals surface area contributed by atoms with Gasteiger partial charge in [-0.1, -0.05) is 43.7 Å². The molecule has 1 saturated heterocycles. The normalized spacial score (nSPS) is 18.4. The van der Waals surface area contributed by atoms with Crippen LogP contribution < -0.4 is 10.6 Å². The van der Waals surface area contributed by atoms with Crippen LogP contribution >= 0.6 is 24.0 Å². The second-order valence-corrected chi connectivity index (χ2v) is 7.53. The lowest BCUT2D eigenvalue weighted by atomic mass is 9.99. The number of amides is 1. The molecule has 6 heteroatoms. The van der Waals surface area contributed by atoms with Crippen LogP contribution in [0.4, 0.5) is 0 Å². The van der Waals surface area contributed by atoms with Gasteiger partial charge in [0.15, 0.2) is 5.96 Å². The summed E-state index contributed by atoms with van der Waals surface area (Å²) in [6.45, 7) is 9.77. The Morgan fingerprint density at radius 2 is 2.15 bits per heavy atom. The summed E-state index contributed by atoms with van der Waals surface area (Å²) in [6, 6.07) is 8.60. The molecule has 1 aromatic carbocycles. The van der Waals surface area contributed by atoms with Gasteiger partial charge in [-0.3, -0.25) is 9.79 Å². The Bertz CT molecular complexity index is 620. The Morgan fingerprint density at radius 3 is 2.81 bits per heavy atom. The molecule has 0 aromatic heterocycles. The highest BCUT2D eigenvalue weighted by Gasteiger charge is 2.20. The molecular formula is C21H35IN4O. The van der Waals surface area contributed by atoms with Gasteiger partial charge >= 0.3 is 0 Å². The summed E-state index contributed by atoms with van der Waals surface area (Å²) in [6.07, 6.45) is 2.87. The number of rotatable bonds is 6. The summed E-state index contributed by atoms with van der Waals surface area (Å²) in [4.78, 5) is 18.6. The molecule has 0 radical (unpaired) electrons.